The summed E-state index contributed by atoms with van der Waals surface area (Å²) < 4.78 is 5.68. The smallest absolute Gasteiger partial charge is 0.265 e. The zero-order chi connectivity index (χ0) is 19.1. The minimum absolute atomic E-state index is 0.0102. The van der Waals surface area contributed by atoms with E-state index in [9.17, 15) is 9.59 Å². The van der Waals surface area contributed by atoms with Gasteiger partial charge < -0.3 is 15.0 Å². The van der Waals surface area contributed by atoms with E-state index in [4.69, 9.17) is 4.74 Å². The molecule has 2 rings (SSSR count). The lowest BCUT2D eigenvalue weighted by Crippen LogP contribution is -2.31. The van der Waals surface area contributed by atoms with E-state index < -0.39 is 6.10 Å². The molecular formula is C21H26N2O3. The molecule has 0 aliphatic carbocycles. The number of rotatable bonds is 7. The third-order valence-electron chi connectivity index (χ3n) is 4.12. The monoisotopic (exact) mass is 354 g/mol. The number of carbonyl (C=O) groups excluding carboxylic acids is 2. The zero-order valence-electron chi connectivity index (χ0n) is 15.8. The molecule has 0 saturated carbocycles. The molecule has 0 radical (unpaired) electrons. The molecule has 0 spiro atoms. The van der Waals surface area contributed by atoms with Gasteiger partial charge in [-0.25, -0.2) is 0 Å². The predicted molar refractivity (Wildman–Crippen MR) is 104 cm³/mol. The van der Waals surface area contributed by atoms with Crippen molar-refractivity contribution < 1.29 is 14.3 Å². The lowest BCUT2D eigenvalue weighted by Gasteiger charge is -2.19. The number of ether oxygens (including phenoxy) is 1. The van der Waals surface area contributed by atoms with Crippen molar-refractivity contribution in [3.63, 3.8) is 0 Å². The van der Waals surface area contributed by atoms with Gasteiger partial charge >= 0.3 is 0 Å². The molecule has 138 valence electrons. The number of hydrogen-bond acceptors (Lipinski definition) is 3. The predicted octanol–water partition coefficient (Wildman–Crippen LogP) is 3.88. The summed E-state index contributed by atoms with van der Waals surface area (Å²) >= 11 is 0. The molecule has 0 fully saturated rings. The fourth-order valence-electron chi connectivity index (χ4n) is 2.58. The number of nitrogens with one attached hydrogen (secondary N) is 1. The number of anilines is 1. The van der Waals surface area contributed by atoms with E-state index in [0.717, 1.165) is 5.56 Å². The van der Waals surface area contributed by atoms with Gasteiger partial charge in [0.15, 0.2) is 6.10 Å². The number of aryl methyl sites for hydroxylation is 1. The molecule has 0 aliphatic rings. The number of carbonyl (C=O) groups is 2. The average Bonchev–Trinajstić information content (AvgIpc) is 2.63. The van der Waals surface area contributed by atoms with Crippen molar-refractivity contribution in [3.8, 4) is 5.75 Å². The molecular weight excluding hydrogens is 328 g/mol. The van der Waals surface area contributed by atoms with Crippen LogP contribution in [0.15, 0.2) is 48.5 Å². The second kappa shape index (κ2) is 9.04. The first-order valence-corrected chi connectivity index (χ1v) is 8.88. The van der Waals surface area contributed by atoms with Gasteiger partial charge in [0.25, 0.3) is 11.8 Å². The van der Waals surface area contributed by atoms with Crippen LogP contribution in [0.5, 0.6) is 5.75 Å². The largest absolute Gasteiger partial charge is 0.481 e. The fourth-order valence-corrected chi connectivity index (χ4v) is 2.58. The van der Waals surface area contributed by atoms with Crippen LogP contribution < -0.4 is 10.1 Å². The minimum Gasteiger partial charge on any atom is -0.481 e. The number of benzene rings is 2. The zero-order valence-corrected chi connectivity index (χ0v) is 15.8. The Kier molecular flexibility index (Phi) is 6.78. The average molecular weight is 354 g/mol. The molecule has 1 N–H and O–H groups in total. The van der Waals surface area contributed by atoms with Crippen molar-refractivity contribution in [2.75, 3.05) is 18.4 Å². The van der Waals surface area contributed by atoms with E-state index in [1.54, 1.807) is 36.1 Å². The molecule has 2 amide bonds. The summed E-state index contributed by atoms with van der Waals surface area (Å²) in [6.45, 7) is 8.91. The Morgan fingerprint density at radius 3 is 2.31 bits per heavy atom. The van der Waals surface area contributed by atoms with Crippen molar-refractivity contribution in [3.05, 3.63) is 59.7 Å². The topological polar surface area (TPSA) is 58.6 Å². The number of hydrogen-bond donors (Lipinski definition) is 1. The first kappa shape index (κ1) is 19.5. The SMILES string of the molecule is CCN(CC)C(=O)c1ccc(NC(=O)[C@H](C)Oc2cccc(C)c2)cc1. The van der Waals surface area contributed by atoms with Gasteiger partial charge in [-0.15, -0.1) is 0 Å². The van der Waals surface area contributed by atoms with E-state index in [1.807, 2.05) is 45.0 Å². The van der Waals surface area contributed by atoms with Gasteiger partial charge in [-0.3, -0.25) is 9.59 Å². The maximum Gasteiger partial charge on any atom is 0.265 e. The highest BCUT2D eigenvalue weighted by Crippen LogP contribution is 2.16. The van der Waals surface area contributed by atoms with E-state index in [2.05, 4.69) is 5.32 Å². The molecule has 0 unspecified atom stereocenters. The molecule has 0 bridgehead atoms. The summed E-state index contributed by atoms with van der Waals surface area (Å²) in [6, 6.07) is 14.5. The first-order chi connectivity index (χ1) is 12.4. The summed E-state index contributed by atoms with van der Waals surface area (Å²) in [7, 11) is 0. The van der Waals surface area contributed by atoms with Crippen molar-refractivity contribution in [1.82, 2.24) is 4.90 Å². The lowest BCUT2D eigenvalue weighted by molar-refractivity contribution is -0.122. The fraction of sp³-hybridized carbons (Fsp3) is 0.333. The van der Waals surface area contributed by atoms with Gasteiger partial charge in [0.2, 0.25) is 0 Å². The number of amides is 2. The molecule has 1 atom stereocenters. The van der Waals surface area contributed by atoms with Crippen LogP contribution in [0.4, 0.5) is 5.69 Å². The Labute approximate surface area is 155 Å². The van der Waals surface area contributed by atoms with Crippen LogP contribution in [0, 0.1) is 6.92 Å². The highest BCUT2D eigenvalue weighted by molar-refractivity contribution is 5.96. The highest BCUT2D eigenvalue weighted by atomic mass is 16.5. The van der Waals surface area contributed by atoms with Gasteiger partial charge in [-0.2, -0.15) is 0 Å². The summed E-state index contributed by atoms with van der Waals surface area (Å²) in [5, 5.41) is 2.81. The lowest BCUT2D eigenvalue weighted by atomic mass is 10.1. The van der Waals surface area contributed by atoms with Gasteiger partial charge in [-0.05, 0) is 69.7 Å². The van der Waals surface area contributed by atoms with Crippen LogP contribution in [-0.4, -0.2) is 35.9 Å². The summed E-state index contributed by atoms with van der Waals surface area (Å²) in [6.07, 6.45) is -0.631. The molecule has 5 nitrogen and oxygen atoms in total. The third kappa shape index (κ3) is 5.09. The Balaban J connectivity index is 1.97. The molecule has 0 aromatic heterocycles. The first-order valence-electron chi connectivity index (χ1n) is 8.88. The third-order valence-corrected chi connectivity index (χ3v) is 4.12. The molecule has 2 aromatic rings. The van der Waals surface area contributed by atoms with Gasteiger partial charge in [-0.1, -0.05) is 12.1 Å². The maximum absolute atomic E-state index is 12.3. The van der Waals surface area contributed by atoms with Crippen LogP contribution in [0.25, 0.3) is 0 Å². The number of nitrogens with zero attached hydrogens (tertiary/aromatic N) is 1. The van der Waals surface area contributed by atoms with E-state index >= 15 is 0 Å². The highest BCUT2D eigenvalue weighted by Gasteiger charge is 2.16. The molecule has 0 saturated heterocycles. The van der Waals surface area contributed by atoms with Gasteiger partial charge in [0.05, 0.1) is 0 Å². The van der Waals surface area contributed by atoms with Crippen LogP contribution >= 0.6 is 0 Å². The van der Waals surface area contributed by atoms with Crippen molar-refractivity contribution >= 4 is 17.5 Å². The van der Waals surface area contributed by atoms with Crippen molar-refractivity contribution in [2.45, 2.75) is 33.8 Å². The second-order valence-corrected chi connectivity index (χ2v) is 6.12. The minimum atomic E-state index is -0.631. The quantitative estimate of drug-likeness (QED) is 0.821. The standard InChI is InChI=1S/C21H26N2O3/c1-5-23(6-2)21(25)17-10-12-18(13-11-17)22-20(24)16(4)26-19-9-7-8-15(3)14-19/h7-14,16H,5-6H2,1-4H3,(H,22,24)/t16-/m0/s1. The van der Waals surface area contributed by atoms with Gasteiger partial charge in [0, 0.05) is 24.3 Å². The van der Waals surface area contributed by atoms with E-state index in [-0.39, 0.29) is 11.8 Å². The second-order valence-electron chi connectivity index (χ2n) is 6.12. The summed E-state index contributed by atoms with van der Waals surface area (Å²) in [5.41, 5.74) is 2.31. The molecule has 5 heteroatoms. The van der Waals surface area contributed by atoms with Crippen LogP contribution in [0.1, 0.15) is 36.7 Å². The van der Waals surface area contributed by atoms with E-state index in [1.165, 1.54) is 0 Å². The van der Waals surface area contributed by atoms with Crippen LogP contribution in [-0.2, 0) is 4.79 Å². The van der Waals surface area contributed by atoms with Crippen molar-refractivity contribution in [1.29, 1.82) is 0 Å². The molecule has 0 heterocycles. The van der Waals surface area contributed by atoms with Gasteiger partial charge in [0.1, 0.15) is 5.75 Å². The van der Waals surface area contributed by atoms with Crippen LogP contribution in [0.3, 0.4) is 0 Å². The molecule has 0 aliphatic heterocycles. The summed E-state index contributed by atoms with van der Waals surface area (Å²) in [4.78, 5) is 26.4. The molecule has 2 aromatic carbocycles. The summed E-state index contributed by atoms with van der Waals surface area (Å²) in [5.74, 6) is 0.408. The normalized spacial score (nSPS) is 11.5. The van der Waals surface area contributed by atoms with E-state index in [0.29, 0.717) is 30.1 Å². The maximum atomic E-state index is 12.3. The Bertz CT molecular complexity index is 752. The van der Waals surface area contributed by atoms with Crippen LogP contribution in [0.2, 0.25) is 0 Å². The Hall–Kier alpha value is -2.82. The van der Waals surface area contributed by atoms with Crippen molar-refractivity contribution in [2.24, 2.45) is 0 Å². The Morgan fingerprint density at radius 1 is 1.08 bits per heavy atom. The molecule has 26 heavy (non-hydrogen) atoms. The Morgan fingerprint density at radius 2 is 1.73 bits per heavy atom.